The maximum absolute atomic E-state index is 12.2. The molecule has 0 radical (unpaired) electrons. The Labute approximate surface area is 144 Å². The van der Waals surface area contributed by atoms with Crippen molar-refractivity contribution in [2.45, 2.75) is 45.5 Å². The number of ether oxygens (including phenoxy) is 2. The van der Waals surface area contributed by atoms with Gasteiger partial charge in [-0.1, -0.05) is 6.08 Å². The molecule has 0 spiro atoms. The Hall–Kier alpha value is -2.60. The quantitative estimate of drug-likeness (QED) is 0.512. The van der Waals surface area contributed by atoms with Crippen molar-refractivity contribution in [3.63, 3.8) is 0 Å². The van der Waals surface area contributed by atoms with Crippen molar-refractivity contribution in [3.8, 4) is 5.75 Å². The summed E-state index contributed by atoms with van der Waals surface area (Å²) in [6.07, 6.45) is -0.297. The minimum Gasteiger partial charge on any atom is -0.484 e. The first-order chi connectivity index (χ1) is 11.7. The van der Waals surface area contributed by atoms with Crippen LogP contribution in [0.25, 0.3) is 11.0 Å². The zero-order valence-electron chi connectivity index (χ0n) is 14.5. The molecule has 0 fully saturated rings. The molecule has 2 unspecified atom stereocenters. The van der Waals surface area contributed by atoms with Gasteiger partial charge in [0.15, 0.2) is 6.10 Å². The fourth-order valence-electron chi connectivity index (χ4n) is 2.76. The fourth-order valence-corrected chi connectivity index (χ4v) is 2.76. The van der Waals surface area contributed by atoms with E-state index in [4.69, 9.17) is 13.9 Å². The SMILES string of the molecule is CC=C(C)C(=O)OC1c2cc3ccc(=O)oc3cc2OC(C)(C)C1O. The smallest absolute Gasteiger partial charge is 0.336 e. The molecule has 0 bridgehead atoms. The van der Waals surface area contributed by atoms with Crippen LogP contribution in [0.2, 0.25) is 0 Å². The van der Waals surface area contributed by atoms with Crippen LogP contribution in [-0.2, 0) is 9.53 Å². The third-order valence-corrected chi connectivity index (χ3v) is 4.42. The van der Waals surface area contributed by atoms with Gasteiger partial charge in [-0.15, -0.1) is 0 Å². The molecule has 132 valence electrons. The number of carbonyl (C=O) groups is 1. The summed E-state index contributed by atoms with van der Waals surface area (Å²) in [4.78, 5) is 23.6. The Morgan fingerprint density at radius 2 is 2.04 bits per heavy atom. The van der Waals surface area contributed by atoms with Crippen LogP contribution >= 0.6 is 0 Å². The predicted molar refractivity (Wildman–Crippen MR) is 91.5 cm³/mol. The van der Waals surface area contributed by atoms with Gasteiger partial charge in [-0.2, -0.15) is 0 Å². The van der Waals surface area contributed by atoms with E-state index in [9.17, 15) is 14.7 Å². The monoisotopic (exact) mass is 344 g/mol. The van der Waals surface area contributed by atoms with E-state index in [-0.39, 0.29) is 0 Å². The van der Waals surface area contributed by atoms with E-state index in [0.717, 1.165) is 0 Å². The average molecular weight is 344 g/mol. The van der Waals surface area contributed by atoms with Crippen molar-refractivity contribution in [2.24, 2.45) is 0 Å². The maximum Gasteiger partial charge on any atom is 0.336 e. The molecule has 0 saturated heterocycles. The van der Waals surface area contributed by atoms with Gasteiger partial charge in [0, 0.05) is 28.7 Å². The number of carbonyl (C=O) groups excluding carboxylic acids is 1. The van der Waals surface area contributed by atoms with Crippen molar-refractivity contribution >= 4 is 16.9 Å². The van der Waals surface area contributed by atoms with Crippen LogP contribution in [0, 0.1) is 0 Å². The van der Waals surface area contributed by atoms with Crippen LogP contribution in [0.5, 0.6) is 5.75 Å². The summed E-state index contributed by atoms with van der Waals surface area (Å²) >= 11 is 0. The van der Waals surface area contributed by atoms with Crippen molar-refractivity contribution < 1.29 is 23.8 Å². The van der Waals surface area contributed by atoms with E-state index in [1.54, 1.807) is 52.0 Å². The van der Waals surface area contributed by atoms with Crippen molar-refractivity contribution in [1.82, 2.24) is 0 Å². The highest BCUT2D eigenvalue weighted by molar-refractivity contribution is 5.88. The lowest BCUT2D eigenvalue weighted by Crippen LogP contribution is -2.49. The third kappa shape index (κ3) is 3.05. The molecule has 6 heteroatoms. The molecule has 3 rings (SSSR count). The molecule has 0 amide bonds. The second-order valence-corrected chi connectivity index (χ2v) is 6.63. The number of allylic oxidation sites excluding steroid dienone is 1. The Kier molecular flexibility index (Phi) is 4.16. The number of aliphatic hydroxyl groups excluding tert-OH is 1. The van der Waals surface area contributed by atoms with E-state index >= 15 is 0 Å². The van der Waals surface area contributed by atoms with Gasteiger partial charge in [0.1, 0.15) is 23.0 Å². The Morgan fingerprint density at radius 1 is 1.32 bits per heavy atom. The molecule has 0 saturated carbocycles. The highest BCUT2D eigenvalue weighted by atomic mass is 16.6. The first kappa shape index (κ1) is 17.2. The lowest BCUT2D eigenvalue weighted by Gasteiger charge is -2.41. The zero-order valence-corrected chi connectivity index (χ0v) is 14.5. The molecule has 1 aromatic carbocycles. The second-order valence-electron chi connectivity index (χ2n) is 6.63. The standard InChI is InChI=1S/C19H20O6/c1-5-10(2)18(22)24-16-12-8-11-6-7-15(20)23-13(11)9-14(12)25-19(3,4)17(16)21/h5-9,16-17,21H,1-4H3. The lowest BCUT2D eigenvalue weighted by atomic mass is 9.87. The van der Waals surface area contributed by atoms with Gasteiger partial charge in [0.05, 0.1) is 0 Å². The Bertz CT molecular complexity index is 921. The van der Waals surface area contributed by atoms with Crippen LogP contribution in [0.1, 0.15) is 39.4 Å². The summed E-state index contributed by atoms with van der Waals surface area (Å²) < 4.78 is 16.6. The lowest BCUT2D eigenvalue weighted by molar-refractivity contribution is -0.166. The minimum absolute atomic E-state index is 0.369. The summed E-state index contributed by atoms with van der Waals surface area (Å²) in [5.74, 6) is -0.0945. The first-order valence-electron chi connectivity index (χ1n) is 8.01. The molecule has 2 atom stereocenters. The third-order valence-electron chi connectivity index (χ3n) is 4.42. The van der Waals surface area contributed by atoms with Crippen LogP contribution in [-0.4, -0.2) is 22.8 Å². The second kappa shape index (κ2) is 6.04. The molecule has 1 aliphatic heterocycles. The molecular weight excluding hydrogens is 324 g/mol. The molecule has 0 aliphatic carbocycles. The van der Waals surface area contributed by atoms with E-state index in [2.05, 4.69) is 0 Å². The van der Waals surface area contributed by atoms with E-state index < -0.39 is 29.4 Å². The number of fused-ring (bicyclic) bond motifs is 2. The normalized spacial score (nSPS) is 22.2. The van der Waals surface area contributed by atoms with Gasteiger partial charge in [0.2, 0.25) is 0 Å². The van der Waals surface area contributed by atoms with Crippen molar-refractivity contribution in [2.75, 3.05) is 0 Å². The van der Waals surface area contributed by atoms with Crippen LogP contribution in [0.15, 0.2) is 45.1 Å². The molecule has 1 N–H and O–H groups in total. The predicted octanol–water partition coefficient (Wildman–Crippen LogP) is 2.88. The number of hydrogen-bond acceptors (Lipinski definition) is 6. The van der Waals surface area contributed by atoms with Crippen LogP contribution in [0.3, 0.4) is 0 Å². The van der Waals surface area contributed by atoms with Gasteiger partial charge in [-0.3, -0.25) is 0 Å². The Morgan fingerprint density at radius 3 is 2.72 bits per heavy atom. The van der Waals surface area contributed by atoms with E-state index in [1.165, 1.54) is 6.07 Å². The van der Waals surface area contributed by atoms with Gasteiger partial charge >= 0.3 is 11.6 Å². The van der Waals surface area contributed by atoms with E-state index in [1.807, 2.05) is 0 Å². The van der Waals surface area contributed by atoms with E-state index in [0.29, 0.717) is 27.9 Å². The number of esters is 1. The first-order valence-corrected chi connectivity index (χ1v) is 8.01. The number of aliphatic hydroxyl groups is 1. The summed E-state index contributed by atoms with van der Waals surface area (Å²) in [7, 11) is 0. The molecule has 2 heterocycles. The molecule has 1 aromatic heterocycles. The summed E-state index contributed by atoms with van der Waals surface area (Å²) in [5, 5.41) is 11.3. The van der Waals surface area contributed by atoms with Crippen LogP contribution < -0.4 is 10.4 Å². The molecular formula is C19H20O6. The fraction of sp³-hybridized carbons (Fsp3) is 0.368. The van der Waals surface area contributed by atoms with Gasteiger partial charge in [-0.25, -0.2) is 9.59 Å². The van der Waals surface area contributed by atoms with Gasteiger partial charge in [0.25, 0.3) is 0 Å². The summed E-state index contributed by atoms with van der Waals surface area (Å²) in [6, 6.07) is 6.21. The molecule has 25 heavy (non-hydrogen) atoms. The topological polar surface area (TPSA) is 86.0 Å². The number of benzene rings is 1. The van der Waals surface area contributed by atoms with Crippen molar-refractivity contribution in [1.29, 1.82) is 0 Å². The van der Waals surface area contributed by atoms with Gasteiger partial charge in [-0.05, 0) is 39.8 Å². The maximum atomic E-state index is 12.2. The number of hydrogen-bond donors (Lipinski definition) is 1. The van der Waals surface area contributed by atoms with Gasteiger partial charge < -0.3 is 19.0 Å². The number of rotatable bonds is 2. The highest BCUT2D eigenvalue weighted by Gasteiger charge is 2.45. The van der Waals surface area contributed by atoms with Crippen LogP contribution in [0.4, 0.5) is 0 Å². The molecule has 6 nitrogen and oxygen atoms in total. The summed E-state index contributed by atoms with van der Waals surface area (Å²) in [5.41, 5.74) is -0.0949. The van der Waals surface area contributed by atoms with Crippen molar-refractivity contribution in [3.05, 3.63) is 51.9 Å². The summed E-state index contributed by atoms with van der Waals surface area (Å²) in [6.45, 7) is 6.80. The highest BCUT2D eigenvalue weighted by Crippen LogP contribution is 2.43. The molecule has 2 aromatic rings. The Balaban J connectivity index is 2.14. The zero-order chi connectivity index (χ0) is 18.4. The average Bonchev–Trinajstić information content (AvgIpc) is 2.56. The largest absolute Gasteiger partial charge is 0.484 e. The minimum atomic E-state index is -1.05. The molecule has 1 aliphatic rings.